The van der Waals surface area contributed by atoms with Crippen molar-refractivity contribution in [2.75, 3.05) is 39.6 Å². The number of alkyl halides is 3. The molecule has 3 aliphatic rings. The highest BCUT2D eigenvalue weighted by Crippen LogP contribution is 2.36. The van der Waals surface area contributed by atoms with Gasteiger partial charge in [0, 0.05) is 74.7 Å². The largest absolute Gasteiger partial charge is 0.463 e. The van der Waals surface area contributed by atoms with E-state index in [-0.39, 0.29) is 50.4 Å². The first kappa shape index (κ1) is 132. The van der Waals surface area contributed by atoms with Crippen LogP contribution in [0.15, 0.2) is 36.5 Å². The zero-order valence-corrected chi connectivity index (χ0v) is 87.1. The summed E-state index contributed by atoms with van der Waals surface area (Å²) in [6.45, 7) is 18.5. The van der Waals surface area contributed by atoms with Gasteiger partial charge in [-0.15, -0.1) is 0 Å². The Morgan fingerprint density at radius 2 is 0.604 bits per heavy atom. The van der Waals surface area contributed by atoms with Gasteiger partial charge >= 0.3 is 47.8 Å². The number of hydrogen-bond acceptors (Lipinski definition) is 34. The minimum atomic E-state index is -2.29. The highest BCUT2D eigenvalue weighted by molar-refractivity contribution is 6.76. The van der Waals surface area contributed by atoms with Crippen molar-refractivity contribution in [3.8, 4) is 0 Å². The molecule has 0 aromatic heterocycles. The van der Waals surface area contributed by atoms with E-state index >= 15 is 0 Å². The molecule has 3 aliphatic heterocycles. The third-order valence-corrected chi connectivity index (χ3v) is 23.0. The molecule has 3 amide bonds. The van der Waals surface area contributed by atoms with Gasteiger partial charge in [0.2, 0.25) is 36.0 Å². The van der Waals surface area contributed by atoms with Gasteiger partial charge < -0.3 is 123 Å². The Hall–Kier alpha value is -6.79. The van der Waals surface area contributed by atoms with Crippen LogP contribution in [0.25, 0.3) is 0 Å². The number of rotatable bonds is 67. The Bertz CT molecular complexity index is 3470. The van der Waals surface area contributed by atoms with Crippen LogP contribution in [0, 0.1) is 5.41 Å². The summed E-state index contributed by atoms with van der Waals surface area (Å²) < 4.78 is 72.9. The van der Waals surface area contributed by atoms with Crippen molar-refractivity contribution in [2.45, 2.75) is 480 Å². The fourth-order valence-corrected chi connectivity index (χ4v) is 15.0. The number of aliphatic hydroxyl groups excluding tert-OH is 8. The highest BCUT2D eigenvalue weighted by atomic mass is 35.6. The molecule has 0 saturated carbocycles. The predicted octanol–water partition coefficient (Wildman–Crippen LogP) is 12.8. The van der Waals surface area contributed by atoms with E-state index in [9.17, 15) is 93.6 Å². The van der Waals surface area contributed by atoms with Crippen LogP contribution in [0.2, 0.25) is 0 Å². The fourth-order valence-electron chi connectivity index (χ4n) is 14.9. The third-order valence-electron chi connectivity index (χ3n) is 22.5. The molecule has 0 aliphatic carbocycles. The second-order valence-corrected chi connectivity index (χ2v) is 37.2. The lowest BCUT2D eigenvalue weighted by Crippen LogP contribution is -2.63. The van der Waals surface area contributed by atoms with Gasteiger partial charge in [-0.1, -0.05) is 305 Å². The number of nitrogens with one attached hydrogen (secondary N) is 4. The first-order valence-corrected chi connectivity index (χ1v) is 51.2. The summed E-state index contributed by atoms with van der Waals surface area (Å²) in [5.74, 6) is -7.71. The number of halogens is 3. The molecule has 40 heteroatoms. The molecule has 0 bridgehead atoms. The first-order chi connectivity index (χ1) is 66.1. The van der Waals surface area contributed by atoms with Gasteiger partial charge in [0.1, 0.15) is 49.8 Å². The zero-order valence-electron chi connectivity index (χ0n) is 84.8. The van der Waals surface area contributed by atoms with E-state index in [4.69, 9.17) is 107 Å². The number of esters is 8. The van der Waals surface area contributed by atoms with Crippen molar-refractivity contribution in [1.82, 2.24) is 16.0 Å². The van der Waals surface area contributed by atoms with Crippen LogP contribution in [0.5, 0.6) is 0 Å². The third kappa shape index (κ3) is 63.2. The SMILES string of the molecule is CC(=O)OC[C@H]1O[C@@H](OC(=N)C(Cl)(Cl)Cl)[C@H](OC(C)=O)[C@@H](OC(C)=O)[C@H]1OC(C)=O.CCCCCCCCCCCCC/C=C/[C@@H](O)[C@H](CO)NC(=O)CC.CCCCCCCCCCCCC/C=C/[C@@H](O)[C@H](CO[C@@H]1O[C@H](CO)[C@H](O)[C@H](O)[C@H]1O)NC(=O)CC.CCCCCCCCCCCCC/C=C/[C@@H](O)[C@H](CO[C@@H]1O[C@H](COC(C)=O)[C@H](OC(C)=O)[C@H](OC(C)=O)[C@H]1OC(C)=O)NC(=O)CC. The second-order valence-electron chi connectivity index (χ2n) is 34.9. The molecular weight excluding hydrogens is 1880 g/mol. The predicted molar refractivity (Wildman–Crippen MR) is 521 cm³/mol. The highest BCUT2D eigenvalue weighted by Gasteiger charge is 2.56. The minimum absolute atomic E-state index is 0.156. The number of ether oxygens (including phenoxy) is 14. The first-order valence-electron chi connectivity index (χ1n) is 50.1. The number of carbonyl (C=O) groups excluding carboxylic acids is 11. The molecule has 0 spiro atoms. The summed E-state index contributed by atoms with van der Waals surface area (Å²) in [5.41, 5.74) is 0. The molecule has 0 aromatic carbocycles. The Kier molecular flexibility index (Phi) is 76.6. The van der Waals surface area contributed by atoms with Gasteiger partial charge in [-0.25, -0.2) is 0 Å². The maximum absolute atomic E-state index is 12.3. The Balaban J connectivity index is 0.00000188. The van der Waals surface area contributed by atoms with Crippen LogP contribution in [0.4, 0.5) is 0 Å². The van der Waals surface area contributed by atoms with Crippen LogP contribution in [-0.4, -0.2) is 284 Å². The lowest BCUT2D eigenvalue weighted by atomic mass is 9.98. The monoisotopic (exact) mass is 2050 g/mol. The van der Waals surface area contributed by atoms with Crippen LogP contribution >= 0.6 is 34.8 Å². The molecule has 3 saturated heterocycles. The maximum Gasteiger partial charge on any atom is 0.303 e. The molecule has 0 radical (unpaired) electrons. The summed E-state index contributed by atoms with van der Waals surface area (Å²) in [6, 6.07) is -2.32. The van der Waals surface area contributed by atoms with Crippen molar-refractivity contribution in [1.29, 1.82) is 5.41 Å². The maximum atomic E-state index is 12.3. The Morgan fingerprint density at radius 3 is 0.892 bits per heavy atom. The summed E-state index contributed by atoms with van der Waals surface area (Å²) in [6.07, 6.45) is 32.1. The quantitative estimate of drug-likeness (QED) is 0.00512. The van der Waals surface area contributed by atoms with Gasteiger partial charge in [0.25, 0.3) is 3.79 Å². The summed E-state index contributed by atoms with van der Waals surface area (Å²) in [7, 11) is 0. The molecule has 37 nitrogen and oxygen atoms in total. The van der Waals surface area contributed by atoms with Gasteiger partial charge in [-0.05, 0) is 38.5 Å². The van der Waals surface area contributed by atoms with E-state index in [2.05, 4.69) is 36.7 Å². The van der Waals surface area contributed by atoms with E-state index in [1.807, 2.05) is 18.2 Å². The van der Waals surface area contributed by atoms with Gasteiger partial charge in [0.05, 0.1) is 62.9 Å². The van der Waals surface area contributed by atoms with Crippen LogP contribution in [0.3, 0.4) is 0 Å². The van der Waals surface area contributed by atoms with E-state index < -0.39 is 206 Å². The zero-order chi connectivity index (χ0) is 105. The molecule has 21 atom stereocenters. The molecule has 0 unspecified atom stereocenters. The lowest BCUT2D eigenvalue weighted by Gasteiger charge is -2.44. The summed E-state index contributed by atoms with van der Waals surface area (Å²) in [5, 5.41) is 95.8. The fraction of sp³-hybridized carbons (Fsp3) is 0.818. The van der Waals surface area contributed by atoms with E-state index in [0.717, 1.165) is 99.8 Å². The normalized spacial score (nSPS) is 22.6. The van der Waals surface area contributed by atoms with Crippen LogP contribution in [0.1, 0.15) is 347 Å². The standard InChI is InChI=1S/C35H59NO12.C27H51NO8.C21H41NO3.C16H20Cl3NO10/c1-7-9-10-11-12-13-14-15-16-17-18-19-20-21-29(41)28(36-31(42)8-2)22-44-35-34(47-27(6)40)33(46-26(5)39)32(45-25(4)38)30(48-35)23-43-24(3)37;1-3-5-6-7-8-9-10-11-12-13-14-15-16-17-21(30)20(28-23(31)4-2)19-35-27-26(34)25(33)24(32)22(18-29)36-27;1-3-5-6-7-8-9-10-11-12-13-14-15-16-17-20(24)19(18-23)22-21(25)4-2;1-6(21)25-5-10-11(26-7(2)22)12(27-8(3)23)13(28-9(4)24)14(29-10)30-15(20)16(17,18)19/h20-21,28-30,32-35,41H,7-19,22-23H2,1-6H3,(H,36,42);16-17,20-22,24-27,29-30,32-34H,3-15,18-19H2,1-2H3,(H,28,31);16-17,19-20,23-24H,3-15,18H2,1-2H3,(H,22,25);10-14,20H,5H2,1-4H3/b21-20+;2*17-16+;/t28-,29+,30+,32-,33-,34+,35+;20-,21+,22+,24-,25-,26+,27+;19-,20+;10-,11+,12+,13-,14+/m0001/s1. The molecule has 3 fully saturated rings. The van der Waals surface area contributed by atoms with Crippen molar-refractivity contribution in [3.63, 3.8) is 0 Å². The summed E-state index contributed by atoms with van der Waals surface area (Å²) in [4.78, 5) is 129. The van der Waals surface area contributed by atoms with Gasteiger partial charge in [-0.2, -0.15) is 0 Å². The lowest BCUT2D eigenvalue weighted by molar-refractivity contribution is -0.309. The van der Waals surface area contributed by atoms with Gasteiger partial charge in [-0.3, -0.25) is 58.1 Å². The number of hydrogen-bond donors (Lipinski definition) is 12. The molecule has 3 heterocycles. The molecular formula is C99H171Cl3N4O33. The van der Waals surface area contributed by atoms with E-state index in [0.29, 0.717) is 6.42 Å². The Morgan fingerprint density at radius 1 is 0.338 bits per heavy atom. The van der Waals surface area contributed by atoms with Crippen molar-refractivity contribution in [3.05, 3.63) is 36.5 Å². The topological polar surface area (TPSA) is 539 Å². The average Bonchev–Trinajstić information content (AvgIpc) is 0.781. The number of unbranched alkanes of at least 4 members (excludes halogenated alkanes) is 33. The van der Waals surface area contributed by atoms with Crippen molar-refractivity contribution < 1.29 is 160 Å². The molecule has 12 N–H and O–H groups in total. The minimum Gasteiger partial charge on any atom is -0.463 e. The number of amides is 3. The number of carbonyl (C=O) groups is 11. The van der Waals surface area contributed by atoms with Crippen LogP contribution in [-0.2, 0) is 119 Å². The van der Waals surface area contributed by atoms with Crippen molar-refractivity contribution in [2.24, 2.45) is 0 Å². The number of allylic oxidation sites excluding steroid dienone is 3. The van der Waals surface area contributed by atoms with E-state index in [1.54, 1.807) is 39.0 Å². The smallest absolute Gasteiger partial charge is 0.303 e. The van der Waals surface area contributed by atoms with Crippen molar-refractivity contribution >= 4 is 106 Å². The molecule has 3 rings (SSSR count). The molecule has 139 heavy (non-hydrogen) atoms. The number of aliphatic hydroxyl groups is 8. The molecule has 0 aromatic rings. The molecule has 806 valence electrons. The van der Waals surface area contributed by atoms with Crippen LogP contribution < -0.4 is 16.0 Å². The van der Waals surface area contributed by atoms with Gasteiger partial charge in [0.15, 0.2) is 43.1 Å². The average molecular weight is 2050 g/mol. The Labute approximate surface area is 838 Å². The van der Waals surface area contributed by atoms with E-state index in [1.165, 1.54) is 187 Å². The summed E-state index contributed by atoms with van der Waals surface area (Å²) >= 11 is 16.8. The second kappa shape index (κ2) is 80.5.